The van der Waals surface area contributed by atoms with Crippen molar-refractivity contribution in [2.24, 2.45) is 0 Å². The average molecular weight is 474 g/mol. The summed E-state index contributed by atoms with van der Waals surface area (Å²) < 4.78 is 43.5. The monoisotopic (exact) mass is 474 g/mol. The smallest absolute Gasteiger partial charge is 0.269 e. The molecule has 174 valence electrons. The Morgan fingerprint density at radius 2 is 1.85 bits per heavy atom. The SMILES string of the molecule is COc1ccc(-c2noc(C3CCCN(S(=O)(=O)c4ccc([N+](=O)[O-])cc4)C3)n2)cc1OC. The number of piperidine rings is 1. The summed E-state index contributed by atoms with van der Waals surface area (Å²) >= 11 is 0. The van der Waals surface area contributed by atoms with Crippen molar-refractivity contribution in [3.05, 3.63) is 58.5 Å². The Labute approximate surface area is 190 Å². The average Bonchev–Trinajstić information content (AvgIpc) is 3.34. The normalized spacial score (nSPS) is 17.0. The summed E-state index contributed by atoms with van der Waals surface area (Å²) in [4.78, 5) is 14.8. The predicted molar refractivity (Wildman–Crippen MR) is 117 cm³/mol. The number of rotatable bonds is 7. The van der Waals surface area contributed by atoms with E-state index >= 15 is 0 Å². The van der Waals surface area contributed by atoms with Crippen LogP contribution in [0.25, 0.3) is 11.4 Å². The molecule has 4 rings (SSSR count). The van der Waals surface area contributed by atoms with Crippen molar-refractivity contribution in [3.8, 4) is 22.9 Å². The fourth-order valence-electron chi connectivity index (χ4n) is 3.74. The number of nitro benzene ring substituents is 1. The largest absolute Gasteiger partial charge is 0.493 e. The topological polar surface area (TPSA) is 138 Å². The minimum Gasteiger partial charge on any atom is -0.493 e. The van der Waals surface area contributed by atoms with Gasteiger partial charge in [-0.1, -0.05) is 5.16 Å². The Bertz CT molecular complexity index is 1260. The maximum absolute atomic E-state index is 13.1. The lowest BCUT2D eigenvalue weighted by atomic mass is 10.00. The first-order valence-corrected chi connectivity index (χ1v) is 11.6. The third-order valence-corrected chi connectivity index (χ3v) is 7.38. The molecule has 0 spiro atoms. The van der Waals surface area contributed by atoms with Crippen LogP contribution in [0.5, 0.6) is 11.5 Å². The zero-order valence-corrected chi connectivity index (χ0v) is 18.8. The van der Waals surface area contributed by atoms with Gasteiger partial charge in [0.25, 0.3) is 5.69 Å². The van der Waals surface area contributed by atoms with Gasteiger partial charge in [-0.15, -0.1) is 0 Å². The number of nitro groups is 1. The molecule has 1 saturated heterocycles. The van der Waals surface area contributed by atoms with Gasteiger partial charge >= 0.3 is 0 Å². The molecule has 1 aliphatic rings. The molecule has 0 saturated carbocycles. The predicted octanol–water partition coefficient (Wildman–Crippen LogP) is 3.23. The van der Waals surface area contributed by atoms with Crippen LogP contribution in [0, 0.1) is 10.1 Å². The Morgan fingerprint density at radius 3 is 2.52 bits per heavy atom. The summed E-state index contributed by atoms with van der Waals surface area (Å²) in [5, 5.41) is 14.9. The molecule has 33 heavy (non-hydrogen) atoms. The molecule has 0 aliphatic carbocycles. The number of methoxy groups -OCH3 is 2. The van der Waals surface area contributed by atoms with E-state index in [-0.39, 0.29) is 23.0 Å². The minimum atomic E-state index is -3.82. The van der Waals surface area contributed by atoms with E-state index in [1.54, 1.807) is 25.3 Å². The molecule has 1 unspecified atom stereocenters. The van der Waals surface area contributed by atoms with Gasteiger partial charge in [-0.2, -0.15) is 9.29 Å². The van der Waals surface area contributed by atoms with Crippen LogP contribution in [0.1, 0.15) is 24.7 Å². The van der Waals surface area contributed by atoms with E-state index in [1.807, 2.05) is 0 Å². The first-order chi connectivity index (χ1) is 15.8. The van der Waals surface area contributed by atoms with Crippen LogP contribution in [0.4, 0.5) is 5.69 Å². The maximum Gasteiger partial charge on any atom is 0.269 e. The molecule has 1 aliphatic heterocycles. The van der Waals surface area contributed by atoms with Crippen LogP contribution >= 0.6 is 0 Å². The lowest BCUT2D eigenvalue weighted by Crippen LogP contribution is -2.39. The number of ether oxygens (including phenoxy) is 2. The molecule has 1 atom stereocenters. The molecule has 0 N–H and O–H groups in total. The van der Waals surface area contributed by atoms with Gasteiger partial charge in [0.1, 0.15) is 0 Å². The van der Waals surface area contributed by atoms with E-state index in [4.69, 9.17) is 14.0 Å². The van der Waals surface area contributed by atoms with Crippen LogP contribution in [-0.2, 0) is 10.0 Å². The summed E-state index contributed by atoms with van der Waals surface area (Å²) in [5.74, 6) is 1.54. The Hall–Kier alpha value is -3.51. The van der Waals surface area contributed by atoms with Gasteiger partial charge in [-0.05, 0) is 43.2 Å². The summed E-state index contributed by atoms with van der Waals surface area (Å²) in [5.41, 5.74) is 0.507. The quantitative estimate of drug-likeness (QED) is 0.373. The Balaban J connectivity index is 1.53. The van der Waals surface area contributed by atoms with Crippen molar-refractivity contribution < 1.29 is 27.3 Å². The number of benzene rings is 2. The second-order valence-electron chi connectivity index (χ2n) is 7.48. The van der Waals surface area contributed by atoms with Crippen molar-refractivity contribution in [2.75, 3.05) is 27.3 Å². The molecule has 0 bridgehead atoms. The van der Waals surface area contributed by atoms with E-state index in [9.17, 15) is 18.5 Å². The zero-order valence-electron chi connectivity index (χ0n) is 18.0. The zero-order chi connectivity index (χ0) is 23.6. The summed E-state index contributed by atoms with van der Waals surface area (Å²) in [6, 6.07) is 10.1. The third kappa shape index (κ3) is 4.52. The molecule has 1 fully saturated rings. The van der Waals surface area contributed by atoms with E-state index < -0.39 is 14.9 Å². The first-order valence-electron chi connectivity index (χ1n) is 10.1. The standard InChI is InChI=1S/C21H22N4O7S/c1-30-18-10-5-14(12-19(18)31-2)20-22-21(32-23-20)15-4-3-11-24(13-15)33(28,29)17-8-6-16(7-9-17)25(26)27/h5-10,12,15H,3-4,11,13H2,1-2H3. The number of nitrogens with zero attached hydrogens (tertiary/aromatic N) is 4. The summed E-state index contributed by atoms with van der Waals surface area (Å²) in [6.45, 7) is 0.513. The third-order valence-electron chi connectivity index (χ3n) is 5.50. The number of sulfonamides is 1. The molecule has 0 amide bonds. The van der Waals surface area contributed by atoms with Crippen molar-refractivity contribution in [1.82, 2.24) is 14.4 Å². The lowest BCUT2D eigenvalue weighted by molar-refractivity contribution is -0.384. The fraction of sp³-hybridized carbons (Fsp3) is 0.333. The van der Waals surface area contributed by atoms with E-state index in [0.717, 1.165) is 0 Å². The van der Waals surface area contributed by atoms with E-state index in [0.29, 0.717) is 48.2 Å². The highest BCUT2D eigenvalue weighted by molar-refractivity contribution is 7.89. The van der Waals surface area contributed by atoms with Crippen LogP contribution in [0.3, 0.4) is 0 Å². The van der Waals surface area contributed by atoms with Crippen LogP contribution in [0.15, 0.2) is 51.9 Å². The molecule has 0 radical (unpaired) electrons. The number of hydrogen-bond donors (Lipinski definition) is 0. The molecule has 2 heterocycles. The van der Waals surface area contributed by atoms with Gasteiger partial charge in [0, 0.05) is 30.8 Å². The molecular weight excluding hydrogens is 452 g/mol. The van der Waals surface area contributed by atoms with Gasteiger partial charge in [-0.3, -0.25) is 10.1 Å². The summed E-state index contributed by atoms with van der Waals surface area (Å²) in [6.07, 6.45) is 1.31. The number of non-ortho nitro benzene ring substituents is 1. The fourth-order valence-corrected chi connectivity index (χ4v) is 5.27. The van der Waals surface area contributed by atoms with Gasteiger partial charge in [0.15, 0.2) is 11.5 Å². The van der Waals surface area contributed by atoms with Gasteiger partial charge in [-0.25, -0.2) is 8.42 Å². The molecule has 11 nitrogen and oxygen atoms in total. The summed E-state index contributed by atoms with van der Waals surface area (Å²) in [7, 11) is -0.739. The molecular formula is C21H22N4O7S. The lowest BCUT2D eigenvalue weighted by Gasteiger charge is -2.30. The van der Waals surface area contributed by atoms with Crippen LogP contribution in [-0.4, -0.2) is 55.1 Å². The Kier molecular flexibility index (Phi) is 6.29. The highest BCUT2D eigenvalue weighted by Gasteiger charge is 2.33. The number of aromatic nitrogens is 2. The van der Waals surface area contributed by atoms with Gasteiger partial charge < -0.3 is 14.0 Å². The van der Waals surface area contributed by atoms with E-state index in [2.05, 4.69) is 10.1 Å². The highest BCUT2D eigenvalue weighted by Crippen LogP contribution is 2.34. The van der Waals surface area contributed by atoms with E-state index in [1.165, 1.54) is 35.7 Å². The van der Waals surface area contributed by atoms with Gasteiger partial charge in [0.05, 0.1) is 30.0 Å². The molecule has 1 aromatic heterocycles. The molecule has 12 heteroatoms. The maximum atomic E-state index is 13.1. The molecule has 3 aromatic rings. The van der Waals surface area contributed by atoms with Crippen LogP contribution < -0.4 is 9.47 Å². The Morgan fingerprint density at radius 1 is 1.12 bits per heavy atom. The van der Waals surface area contributed by atoms with Crippen molar-refractivity contribution >= 4 is 15.7 Å². The van der Waals surface area contributed by atoms with Crippen LogP contribution in [0.2, 0.25) is 0 Å². The van der Waals surface area contributed by atoms with Crippen molar-refractivity contribution in [1.29, 1.82) is 0 Å². The minimum absolute atomic E-state index is 0.00490. The highest BCUT2D eigenvalue weighted by atomic mass is 32.2. The van der Waals surface area contributed by atoms with Crippen molar-refractivity contribution in [2.45, 2.75) is 23.7 Å². The number of hydrogen-bond acceptors (Lipinski definition) is 9. The van der Waals surface area contributed by atoms with Gasteiger partial charge in [0.2, 0.25) is 21.7 Å². The first kappa shape index (κ1) is 22.7. The second-order valence-corrected chi connectivity index (χ2v) is 9.42. The second kappa shape index (κ2) is 9.16. The van der Waals surface area contributed by atoms with Crippen molar-refractivity contribution in [3.63, 3.8) is 0 Å². The molecule has 2 aromatic carbocycles.